The summed E-state index contributed by atoms with van der Waals surface area (Å²) in [5, 5.41) is 7.85. The second-order valence-electron chi connectivity index (χ2n) is 14.3. The van der Waals surface area contributed by atoms with E-state index in [4.69, 9.17) is 4.99 Å². The van der Waals surface area contributed by atoms with E-state index in [0.29, 0.717) is 52.3 Å². The molecule has 1 saturated heterocycles. The molecule has 4 aliphatic rings. The van der Waals surface area contributed by atoms with Gasteiger partial charge in [-0.2, -0.15) is 0 Å². The molecular weight excluding hydrogens is 539 g/mol. The maximum atomic E-state index is 14.5. The SMILES string of the molecule is Cc1ccc(C[C@@H](C)n2cnc3cc(NC(=NC4C[C@@H]5C[C@H]([C@@H]4C)C5(C)C)N4C[C@H](C)N[C@@H](C)C4)ccc3c2=O)c(F)c1. The van der Waals surface area contributed by atoms with Gasteiger partial charge in [0, 0.05) is 36.9 Å². The maximum absolute atomic E-state index is 14.5. The van der Waals surface area contributed by atoms with Crippen LogP contribution in [0.15, 0.2) is 52.5 Å². The van der Waals surface area contributed by atoms with E-state index in [1.165, 1.54) is 12.5 Å². The minimum Gasteiger partial charge on any atom is -0.340 e. The van der Waals surface area contributed by atoms with Crippen LogP contribution >= 0.6 is 0 Å². The number of aliphatic imine (C=N–C) groups is 1. The molecule has 3 aromatic rings. The van der Waals surface area contributed by atoms with E-state index in [1.54, 1.807) is 17.0 Å². The number of nitrogens with one attached hydrogen (secondary N) is 2. The number of fused-ring (bicyclic) bond motifs is 3. The normalized spacial score (nSPS) is 29.3. The van der Waals surface area contributed by atoms with Crippen LogP contribution in [0.3, 0.4) is 0 Å². The van der Waals surface area contributed by atoms with Crippen LogP contribution in [0, 0.1) is 35.9 Å². The van der Waals surface area contributed by atoms with Crippen LogP contribution in [0.1, 0.15) is 71.6 Å². The van der Waals surface area contributed by atoms with Gasteiger partial charge in [0.05, 0.1) is 23.3 Å². The molecule has 2 bridgehead atoms. The van der Waals surface area contributed by atoms with Crippen molar-refractivity contribution >= 4 is 22.5 Å². The number of benzene rings is 2. The minimum absolute atomic E-state index is 0.118. The molecule has 3 saturated carbocycles. The second-order valence-corrected chi connectivity index (χ2v) is 14.3. The Kier molecular flexibility index (Phi) is 7.86. The Balaban J connectivity index is 1.26. The summed E-state index contributed by atoms with van der Waals surface area (Å²) in [6.45, 7) is 17.3. The molecular formula is C35H47FN6O. The van der Waals surface area contributed by atoms with E-state index in [9.17, 15) is 9.18 Å². The summed E-state index contributed by atoms with van der Waals surface area (Å²) in [7, 11) is 0. The number of aromatic nitrogens is 2. The van der Waals surface area contributed by atoms with Crippen molar-refractivity contribution < 1.29 is 4.39 Å². The Morgan fingerprint density at radius 2 is 1.88 bits per heavy atom. The number of guanidine groups is 1. The van der Waals surface area contributed by atoms with Crippen LogP contribution in [0.5, 0.6) is 0 Å². The zero-order valence-corrected chi connectivity index (χ0v) is 26.7. The van der Waals surface area contributed by atoms with Crippen LogP contribution < -0.4 is 16.2 Å². The fourth-order valence-electron chi connectivity index (χ4n) is 8.03. The first-order valence-electron chi connectivity index (χ1n) is 16.0. The van der Waals surface area contributed by atoms with Crippen molar-refractivity contribution in [3.8, 4) is 0 Å². The number of hydrogen-bond donors (Lipinski definition) is 2. The lowest BCUT2D eigenvalue weighted by molar-refractivity contribution is -0.108. The summed E-state index contributed by atoms with van der Waals surface area (Å²) in [5.74, 6) is 2.68. The summed E-state index contributed by atoms with van der Waals surface area (Å²) in [5.41, 5.74) is 3.29. The predicted octanol–water partition coefficient (Wildman–Crippen LogP) is 6.17. The van der Waals surface area contributed by atoms with E-state index in [1.807, 2.05) is 38.1 Å². The molecule has 2 heterocycles. The number of halogens is 1. The Hall–Kier alpha value is -3.26. The summed E-state index contributed by atoms with van der Waals surface area (Å²) in [6.07, 6.45) is 4.48. The van der Waals surface area contributed by atoms with Crippen molar-refractivity contribution in [1.82, 2.24) is 19.8 Å². The molecule has 7 atom stereocenters. The van der Waals surface area contributed by atoms with Gasteiger partial charge in [0.2, 0.25) is 0 Å². The number of nitrogens with zero attached hydrogens (tertiary/aromatic N) is 4. The molecule has 1 aromatic heterocycles. The van der Waals surface area contributed by atoms with Crippen LogP contribution in [-0.2, 0) is 6.42 Å². The third-order valence-corrected chi connectivity index (χ3v) is 10.7. The average molecular weight is 587 g/mol. The van der Waals surface area contributed by atoms with Crippen molar-refractivity contribution in [2.45, 2.75) is 91.9 Å². The van der Waals surface area contributed by atoms with Crippen LogP contribution in [0.25, 0.3) is 10.9 Å². The molecule has 1 unspecified atom stereocenters. The van der Waals surface area contributed by atoms with Crippen LogP contribution in [0.4, 0.5) is 10.1 Å². The van der Waals surface area contributed by atoms with Crippen molar-refractivity contribution in [3.05, 3.63) is 70.0 Å². The predicted molar refractivity (Wildman–Crippen MR) is 173 cm³/mol. The van der Waals surface area contributed by atoms with Gasteiger partial charge in [0.1, 0.15) is 5.82 Å². The fourth-order valence-corrected chi connectivity index (χ4v) is 8.03. The van der Waals surface area contributed by atoms with Gasteiger partial charge in [-0.1, -0.05) is 32.9 Å². The van der Waals surface area contributed by atoms with E-state index in [0.717, 1.165) is 48.6 Å². The molecule has 2 N–H and O–H groups in total. The minimum atomic E-state index is -0.238. The first kappa shape index (κ1) is 29.8. The molecule has 0 radical (unpaired) electrons. The molecule has 230 valence electrons. The lowest BCUT2D eigenvalue weighted by Crippen LogP contribution is -2.59. The molecule has 0 amide bonds. The highest BCUT2D eigenvalue weighted by Crippen LogP contribution is 2.61. The number of hydrogen-bond acceptors (Lipinski definition) is 4. The highest BCUT2D eigenvalue weighted by atomic mass is 19.1. The fraction of sp³-hybridized carbons (Fsp3) is 0.571. The van der Waals surface area contributed by atoms with Crippen molar-refractivity contribution in [1.29, 1.82) is 0 Å². The second kappa shape index (κ2) is 11.3. The number of aryl methyl sites for hydroxylation is 1. The molecule has 8 heteroatoms. The molecule has 1 aliphatic heterocycles. The van der Waals surface area contributed by atoms with Gasteiger partial charge in [-0.25, -0.2) is 14.4 Å². The third-order valence-electron chi connectivity index (χ3n) is 10.7. The van der Waals surface area contributed by atoms with Crippen LogP contribution in [-0.4, -0.2) is 51.6 Å². The lowest BCUT2D eigenvalue weighted by atomic mass is 9.45. The Morgan fingerprint density at radius 1 is 1.14 bits per heavy atom. The summed E-state index contributed by atoms with van der Waals surface area (Å²) >= 11 is 0. The highest BCUT2D eigenvalue weighted by molar-refractivity contribution is 5.96. The first-order valence-corrected chi connectivity index (χ1v) is 16.0. The standard InChI is InChI=1S/C35H47FN6O/c1-20-8-9-25(30(36)12-20)13-23(4)42-19-37-32-16-27(10-11-28(32)33(42)43)39-34(41-17-21(2)38-22(3)18-41)40-31-15-26-14-29(24(31)5)35(26,6)7/h8-12,16,19,21-24,26,29,31,38H,13-15,17-18H2,1-7H3,(H,39,40)/t21-,22-,23+,24-,26-,29+,31?/m0/s1. The van der Waals surface area contributed by atoms with Gasteiger partial charge in [-0.05, 0) is 106 Å². The van der Waals surface area contributed by atoms with Gasteiger partial charge >= 0.3 is 0 Å². The first-order chi connectivity index (χ1) is 20.4. The summed E-state index contributed by atoms with van der Waals surface area (Å²) < 4.78 is 16.1. The van der Waals surface area contributed by atoms with E-state index >= 15 is 0 Å². The van der Waals surface area contributed by atoms with Gasteiger partial charge < -0.3 is 15.5 Å². The Bertz CT molecular complexity index is 1590. The van der Waals surface area contributed by atoms with Gasteiger partial charge in [-0.15, -0.1) is 0 Å². The van der Waals surface area contributed by atoms with Crippen molar-refractivity contribution in [2.75, 3.05) is 18.4 Å². The molecule has 7 rings (SSSR count). The monoisotopic (exact) mass is 586 g/mol. The molecule has 2 aromatic carbocycles. The van der Waals surface area contributed by atoms with Crippen molar-refractivity contribution in [2.24, 2.45) is 28.2 Å². The van der Waals surface area contributed by atoms with E-state index in [-0.39, 0.29) is 17.4 Å². The highest BCUT2D eigenvalue weighted by Gasteiger charge is 2.56. The maximum Gasteiger partial charge on any atom is 0.261 e. The number of anilines is 1. The molecule has 7 nitrogen and oxygen atoms in total. The average Bonchev–Trinajstić information content (AvgIpc) is 2.94. The summed E-state index contributed by atoms with van der Waals surface area (Å²) in [6, 6.07) is 11.8. The molecule has 43 heavy (non-hydrogen) atoms. The van der Waals surface area contributed by atoms with Gasteiger partial charge in [-0.3, -0.25) is 9.36 Å². The van der Waals surface area contributed by atoms with Gasteiger partial charge in [0.25, 0.3) is 5.56 Å². The smallest absolute Gasteiger partial charge is 0.261 e. The van der Waals surface area contributed by atoms with Crippen LogP contribution in [0.2, 0.25) is 0 Å². The van der Waals surface area contributed by atoms with Crippen molar-refractivity contribution in [3.63, 3.8) is 0 Å². The molecule has 3 aliphatic carbocycles. The molecule has 0 spiro atoms. The Morgan fingerprint density at radius 3 is 2.56 bits per heavy atom. The number of piperazine rings is 1. The quantitative estimate of drug-likeness (QED) is 0.276. The third kappa shape index (κ3) is 5.70. The zero-order valence-electron chi connectivity index (χ0n) is 26.7. The Labute approximate surface area is 255 Å². The topological polar surface area (TPSA) is 74.6 Å². The lowest BCUT2D eigenvalue weighted by Gasteiger charge is -2.61. The van der Waals surface area contributed by atoms with E-state index < -0.39 is 0 Å². The van der Waals surface area contributed by atoms with Gasteiger partial charge in [0.15, 0.2) is 5.96 Å². The molecule has 4 fully saturated rings. The summed E-state index contributed by atoms with van der Waals surface area (Å²) in [4.78, 5) is 26.0. The van der Waals surface area contributed by atoms with E-state index in [2.05, 4.69) is 55.1 Å². The number of rotatable bonds is 5. The zero-order chi connectivity index (χ0) is 30.6. The largest absolute Gasteiger partial charge is 0.340 e.